The lowest BCUT2D eigenvalue weighted by atomic mass is 9.91. The van der Waals surface area contributed by atoms with Gasteiger partial charge in [0.2, 0.25) is 0 Å². The molecule has 1 heterocycles. The van der Waals surface area contributed by atoms with Gasteiger partial charge in [0.1, 0.15) is 11.9 Å². The number of ether oxygens (including phenoxy) is 3. The minimum atomic E-state index is -0.195. The molecule has 0 bridgehead atoms. The van der Waals surface area contributed by atoms with E-state index in [0.29, 0.717) is 17.0 Å². The van der Waals surface area contributed by atoms with Gasteiger partial charge in [-0.2, -0.15) is 5.26 Å². The van der Waals surface area contributed by atoms with Crippen molar-refractivity contribution in [2.24, 2.45) is 10.7 Å². The van der Waals surface area contributed by atoms with Crippen molar-refractivity contribution in [3.8, 4) is 22.9 Å². The van der Waals surface area contributed by atoms with Crippen LogP contribution in [0.3, 0.4) is 0 Å². The first-order valence-electron chi connectivity index (χ1n) is 10.8. The fourth-order valence-electron chi connectivity index (χ4n) is 3.98. The van der Waals surface area contributed by atoms with Crippen molar-refractivity contribution < 1.29 is 14.2 Å². The molecule has 2 aromatic carbocycles. The second kappa shape index (κ2) is 10.7. The first-order chi connectivity index (χ1) is 15.3. The maximum absolute atomic E-state index is 9.28. The largest absolute Gasteiger partial charge is 0.490 e. The van der Waals surface area contributed by atoms with Crippen LogP contribution in [0.1, 0.15) is 57.2 Å². The van der Waals surface area contributed by atoms with Gasteiger partial charge in [0.25, 0.3) is 6.02 Å². The second-order valence-electron chi connectivity index (χ2n) is 8.33. The molecule has 0 fully saturated rings. The number of aliphatic imine (C=N–C) groups is 1. The number of hydrogen-bond donors (Lipinski definition) is 1. The summed E-state index contributed by atoms with van der Waals surface area (Å²) in [7, 11) is 1.51. The summed E-state index contributed by atoms with van der Waals surface area (Å²) in [4.78, 5) is 4.59. The zero-order valence-corrected chi connectivity index (χ0v) is 19.7. The molecule has 32 heavy (non-hydrogen) atoms. The molecular formula is C25H30ClN3O3. The number of nitriles is 1. The number of benzene rings is 2. The number of halogens is 1. The quantitative estimate of drug-likeness (QED) is 0.432. The van der Waals surface area contributed by atoms with E-state index in [0.717, 1.165) is 35.3 Å². The summed E-state index contributed by atoms with van der Waals surface area (Å²) in [5.74, 6) is 0.780. The Labute approximate surface area is 194 Å². The minimum absolute atomic E-state index is 0.00123. The molecule has 0 amide bonds. The Bertz CT molecular complexity index is 1020. The van der Waals surface area contributed by atoms with E-state index in [1.54, 1.807) is 6.07 Å². The highest BCUT2D eigenvalue weighted by atomic mass is 35.5. The topological polar surface area (TPSA) is 89.9 Å². The fraction of sp³-hybridized carbons (Fsp3) is 0.440. The van der Waals surface area contributed by atoms with Crippen LogP contribution in [0.25, 0.3) is 11.1 Å². The average molecular weight is 456 g/mol. The molecule has 0 saturated carbocycles. The van der Waals surface area contributed by atoms with Crippen molar-refractivity contribution in [2.75, 3.05) is 7.11 Å². The molecular weight excluding hydrogens is 426 g/mol. The van der Waals surface area contributed by atoms with Crippen LogP contribution in [0, 0.1) is 11.3 Å². The van der Waals surface area contributed by atoms with Gasteiger partial charge in [-0.3, -0.25) is 0 Å². The van der Waals surface area contributed by atoms with E-state index in [1.807, 2.05) is 44.2 Å². The van der Waals surface area contributed by atoms with Crippen molar-refractivity contribution in [3.05, 3.63) is 52.5 Å². The lowest BCUT2D eigenvalue weighted by Crippen LogP contribution is -2.28. The zero-order valence-electron chi connectivity index (χ0n) is 19.0. The van der Waals surface area contributed by atoms with Crippen LogP contribution in [0.5, 0.6) is 5.75 Å². The monoisotopic (exact) mass is 455 g/mol. The van der Waals surface area contributed by atoms with E-state index >= 15 is 0 Å². The van der Waals surface area contributed by atoms with Crippen LogP contribution in [-0.4, -0.2) is 31.4 Å². The Kier molecular flexibility index (Phi) is 8.00. The third-order valence-corrected chi connectivity index (χ3v) is 5.62. The van der Waals surface area contributed by atoms with E-state index in [9.17, 15) is 5.26 Å². The number of nitrogens with zero attached hydrogens (tertiary/aromatic N) is 2. The molecule has 1 aliphatic heterocycles. The molecule has 0 saturated heterocycles. The predicted molar refractivity (Wildman–Crippen MR) is 127 cm³/mol. The van der Waals surface area contributed by atoms with Gasteiger partial charge in [0, 0.05) is 17.0 Å². The number of hydrogen-bond acceptors (Lipinski definition) is 5. The first-order valence-corrected chi connectivity index (χ1v) is 11.2. The van der Waals surface area contributed by atoms with E-state index in [2.05, 4.69) is 18.0 Å². The summed E-state index contributed by atoms with van der Waals surface area (Å²) in [6.45, 7) is 6.17. The third-order valence-electron chi connectivity index (χ3n) is 5.40. The average Bonchev–Trinajstić information content (AvgIpc) is 2.76. The van der Waals surface area contributed by atoms with E-state index < -0.39 is 0 Å². The molecule has 0 spiro atoms. The SMILES string of the molecule is COC(N)=N[C@@H]1CC(CC[C@H](C)OC(C)C)Oc2ccc(-c3cc(Cl)cc(C#N)c3)cc21. The maximum atomic E-state index is 9.28. The molecule has 7 heteroatoms. The normalized spacial score (nSPS) is 19.1. The van der Waals surface area contributed by atoms with Crippen LogP contribution in [0.4, 0.5) is 0 Å². The summed E-state index contributed by atoms with van der Waals surface area (Å²) < 4.78 is 17.3. The Morgan fingerprint density at radius 1 is 1.25 bits per heavy atom. The van der Waals surface area contributed by atoms with Crippen molar-refractivity contribution in [1.29, 1.82) is 5.26 Å². The van der Waals surface area contributed by atoms with E-state index in [-0.39, 0.29) is 30.4 Å². The summed E-state index contributed by atoms with van der Waals surface area (Å²) in [6, 6.07) is 13.3. The molecule has 0 aliphatic carbocycles. The lowest BCUT2D eigenvalue weighted by molar-refractivity contribution is 0.00592. The first kappa shape index (κ1) is 23.9. The number of nitrogens with two attached hydrogens (primary N) is 1. The number of fused-ring (bicyclic) bond motifs is 1. The Morgan fingerprint density at radius 3 is 2.72 bits per heavy atom. The summed E-state index contributed by atoms with van der Waals surface area (Å²) >= 11 is 6.21. The summed E-state index contributed by atoms with van der Waals surface area (Å²) in [5, 5.41) is 9.80. The number of rotatable bonds is 7. The van der Waals surface area contributed by atoms with Crippen molar-refractivity contribution in [2.45, 2.75) is 64.4 Å². The van der Waals surface area contributed by atoms with Crippen LogP contribution >= 0.6 is 11.6 Å². The molecule has 0 aromatic heterocycles. The Morgan fingerprint density at radius 2 is 2.03 bits per heavy atom. The van der Waals surface area contributed by atoms with Gasteiger partial charge in [0.05, 0.1) is 37.0 Å². The molecule has 3 rings (SSSR count). The Hall–Kier alpha value is -2.75. The van der Waals surface area contributed by atoms with E-state index in [4.69, 9.17) is 31.5 Å². The summed E-state index contributed by atoms with van der Waals surface area (Å²) in [6.07, 6.45) is 2.79. The van der Waals surface area contributed by atoms with Gasteiger partial charge in [-0.25, -0.2) is 4.99 Å². The zero-order chi connectivity index (χ0) is 23.3. The summed E-state index contributed by atoms with van der Waals surface area (Å²) in [5.41, 5.74) is 9.14. The van der Waals surface area contributed by atoms with Crippen LogP contribution in [0.15, 0.2) is 41.4 Å². The molecule has 1 aliphatic rings. The smallest absolute Gasteiger partial charge is 0.282 e. The molecule has 6 nitrogen and oxygen atoms in total. The van der Waals surface area contributed by atoms with Gasteiger partial charge in [-0.15, -0.1) is 0 Å². The van der Waals surface area contributed by atoms with Crippen molar-refractivity contribution in [1.82, 2.24) is 0 Å². The fourth-order valence-corrected chi connectivity index (χ4v) is 4.21. The third kappa shape index (κ3) is 6.15. The highest BCUT2D eigenvalue weighted by molar-refractivity contribution is 6.31. The van der Waals surface area contributed by atoms with Gasteiger partial charge in [-0.05, 0) is 75.1 Å². The molecule has 2 aromatic rings. The van der Waals surface area contributed by atoms with E-state index in [1.165, 1.54) is 7.11 Å². The van der Waals surface area contributed by atoms with Gasteiger partial charge >= 0.3 is 0 Å². The lowest BCUT2D eigenvalue weighted by Gasteiger charge is -2.31. The minimum Gasteiger partial charge on any atom is -0.490 e. The predicted octanol–water partition coefficient (Wildman–Crippen LogP) is 5.63. The van der Waals surface area contributed by atoms with Gasteiger partial charge < -0.3 is 19.9 Å². The van der Waals surface area contributed by atoms with Crippen LogP contribution in [-0.2, 0) is 9.47 Å². The highest BCUT2D eigenvalue weighted by Gasteiger charge is 2.29. The molecule has 170 valence electrons. The second-order valence-corrected chi connectivity index (χ2v) is 8.77. The highest BCUT2D eigenvalue weighted by Crippen LogP contribution is 2.41. The standard InChI is InChI=1S/C25H30ClN3O3/c1-15(2)31-16(3)5-7-21-13-23(29-25(28)30-4)22-12-18(6-8-24(22)32-21)19-9-17(14-27)10-20(26)11-19/h6,8-12,15-16,21,23H,5,7,13H2,1-4H3,(H2,28,29)/t16-,21?,23+/m0/s1. The van der Waals surface area contributed by atoms with Gasteiger partial charge in [-0.1, -0.05) is 17.7 Å². The molecule has 2 N–H and O–H groups in total. The van der Waals surface area contributed by atoms with Crippen LogP contribution < -0.4 is 10.5 Å². The number of methoxy groups -OCH3 is 1. The van der Waals surface area contributed by atoms with Crippen molar-refractivity contribution >= 4 is 17.6 Å². The molecule has 3 atom stereocenters. The Balaban J connectivity index is 1.89. The van der Waals surface area contributed by atoms with Crippen molar-refractivity contribution in [3.63, 3.8) is 0 Å². The number of amidine groups is 1. The molecule has 0 radical (unpaired) electrons. The van der Waals surface area contributed by atoms with Crippen LogP contribution in [0.2, 0.25) is 5.02 Å². The maximum Gasteiger partial charge on any atom is 0.282 e. The van der Waals surface area contributed by atoms with Gasteiger partial charge in [0.15, 0.2) is 0 Å². The molecule has 1 unspecified atom stereocenters.